The standard InChI is InChI=1S/C11H20N4.ClH/c1-10(2)7-4-5-11(10,3)8(6-7)14-15-9(12)13;/h7H,4-6H2,1-3H3,(H4,12,13,15);1H. The van der Waals surface area contributed by atoms with Gasteiger partial charge in [0, 0.05) is 11.1 Å². The second-order valence-electron chi connectivity index (χ2n) is 5.57. The molecule has 0 aromatic rings. The minimum atomic E-state index is 0. The highest BCUT2D eigenvalue weighted by Crippen LogP contribution is 2.63. The third-order valence-electron chi connectivity index (χ3n) is 4.80. The average Bonchev–Trinajstić information content (AvgIpc) is 2.46. The van der Waals surface area contributed by atoms with Crippen LogP contribution in [-0.2, 0) is 0 Å². The van der Waals surface area contributed by atoms with Crippen molar-refractivity contribution in [2.75, 3.05) is 0 Å². The minimum Gasteiger partial charge on any atom is -0.369 e. The Morgan fingerprint density at radius 3 is 2.31 bits per heavy atom. The number of hydrogen-bond donors (Lipinski definition) is 2. The van der Waals surface area contributed by atoms with E-state index >= 15 is 0 Å². The fourth-order valence-corrected chi connectivity index (χ4v) is 3.20. The van der Waals surface area contributed by atoms with Crippen LogP contribution in [0.15, 0.2) is 10.2 Å². The summed E-state index contributed by atoms with van der Waals surface area (Å²) in [6.07, 6.45) is 3.58. The summed E-state index contributed by atoms with van der Waals surface area (Å²) >= 11 is 0. The molecule has 2 atom stereocenters. The van der Waals surface area contributed by atoms with E-state index in [0.29, 0.717) is 5.41 Å². The van der Waals surface area contributed by atoms with Crippen LogP contribution in [-0.4, -0.2) is 11.7 Å². The quantitative estimate of drug-likeness (QED) is 0.420. The lowest BCUT2D eigenvalue weighted by Crippen LogP contribution is -2.32. The fourth-order valence-electron chi connectivity index (χ4n) is 3.20. The zero-order chi connectivity index (χ0) is 11.3. The van der Waals surface area contributed by atoms with Crippen LogP contribution < -0.4 is 11.5 Å². The maximum Gasteiger partial charge on any atom is 0.211 e. The van der Waals surface area contributed by atoms with Gasteiger partial charge in [0.15, 0.2) is 0 Å². The number of guanidine groups is 1. The number of halogens is 1. The maximum atomic E-state index is 5.30. The van der Waals surface area contributed by atoms with Crippen molar-refractivity contribution < 1.29 is 0 Å². The lowest BCUT2D eigenvalue weighted by molar-refractivity contribution is 0.194. The molecule has 2 bridgehead atoms. The van der Waals surface area contributed by atoms with E-state index in [1.807, 2.05) is 0 Å². The molecule has 0 aliphatic heterocycles. The van der Waals surface area contributed by atoms with Crippen molar-refractivity contribution in [2.24, 2.45) is 38.4 Å². The van der Waals surface area contributed by atoms with E-state index in [-0.39, 0.29) is 23.8 Å². The van der Waals surface area contributed by atoms with Gasteiger partial charge in [-0.25, -0.2) is 0 Å². The van der Waals surface area contributed by atoms with Gasteiger partial charge in [0.05, 0.1) is 0 Å². The van der Waals surface area contributed by atoms with Crippen molar-refractivity contribution in [3.05, 3.63) is 0 Å². The third kappa shape index (κ3) is 1.59. The Bertz CT molecular complexity index is 344. The molecule has 0 aromatic carbocycles. The van der Waals surface area contributed by atoms with E-state index in [1.165, 1.54) is 18.6 Å². The molecule has 16 heavy (non-hydrogen) atoms. The lowest BCUT2D eigenvalue weighted by atomic mass is 9.70. The van der Waals surface area contributed by atoms with Crippen LogP contribution in [0, 0.1) is 16.7 Å². The molecular formula is C11H21ClN4. The second kappa shape index (κ2) is 3.91. The van der Waals surface area contributed by atoms with Crippen LogP contribution in [0.5, 0.6) is 0 Å². The summed E-state index contributed by atoms with van der Waals surface area (Å²) in [7, 11) is 0. The summed E-state index contributed by atoms with van der Waals surface area (Å²) in [5.41, 5.74) is 12.3. The average molecular weight is 245 g/mol. The van der Waals surface area contributed by atoms with Gasteiger partial charge in [-0.2, -0.15) is 5.10 Å². The third-order valence-corrected chi connectivity index (χ3v) is 4.80. The molecular weight excluding hydrogens is 224 g/mol. The summed E-state index contributed by atoms with van der Waals surface area (Å²) in [6.45, 7) is 6.96. The largest absolute Gasteiger partial charge is 0.369 e. The fraction of sp³-hybridized carbons (Fsp3) is 0.818. The van der Waals surface area contributed by atoms with Crippen molar-refractivity contribution in [1.82, 2.24) is 0 Å². The van der Waals surface area contributed by atoms with Gasteiger partial charge in [-0.3, -0.25) is 0 Å². The Kier molecular flexibility index (Phi) is 3.25. The van der Waals surface area contributed by atoms with Gasteiger partial charge in [-0.05, 0) is 30.6 Å². The number of nitrogens with two attached hydrogens (primary N) is 2. The Morgan fingerprint density at radius 1 is 1.31 bits per heavy atom. The van der Waals surface area contributed by atoms with Gasteiger partial charge in [-0.1, -0.05) is 20.8 Å². The lowest BCUT2D eigenvalue weighted by Gasteiger charge is -2.34. The highest BCUT2D eigenvalue weighted by molar-refractivity contribution is 5.94. The summed E-state index contributed by atoms with van der Waals surface area (Å²) in [6, 6.07) is 0. The summed E-state index contributed by atoms with van der Waals surface area (Å²) in [4.78, 5) is 0. The Balaban J connectivity index is 0.00000128. The van der Waals surface area contributed by atoms with Crippen LogP contribution in [0.1, 0.15) is 40.0 Å². The first-order chi connectivity index (χ1) is 6.88. The van der Waals surface area contributed by atoms with E-state index in [2.05, 4.69) is 31.0 Å². The van der Waals surface area contributed by atoms with Gasteiger partial charge in [0.25, 0.3) is 0 Å². The minimum absolute atomic E-state index is 0. The molecule has 0 aromatic heterocycles. The normalized spacial score (nSPS) is 37.2. The predicted molar refractivity (Wildman–Crippen MR) is 69.7 cm³/mol. The topological polar surface area (TPSA) is 76.8 Å². The first kappa shape index (κ1) is 13.3. The van der Waals surface area contributed by atoms with Crippen molar-refractivity contribution in [3.8, 4) is 0 Å². The number of fused-ring (bicyclic) bond motifs is 2. The highest BCUT2D eigenvalue weighted by atomic mass is 35.5. The van der Waals surface area contributed by atoms with Crippen LogP contribution in [0.3, 0.4) is 0 Å². The van der Waals surface area contributed by atoms with Crippen LogP contribution in [0.25, 0.3) is 0 Å². The molecule has 92 valence electrons. The van der Waals surface area contributed by atoms with Crippen LogP contribution >= 0.6 is 12.4 Å². The second-order valence-corrected chi connectivity index (χ2v) is 5.57. The molecule has 0 radical (unpaired) electrons. The molecule has 2 unspecified atom stereocenters. The molecule has 0 amide bonds. The van der Waals surface area contributed by atoms with E-state index in [1.54, 1.807) is 0 Å². The SMILES string of the molecule is CC12CCC(CC1=NN=C(N)N)C2(C)C.Cl. The van der Waals surface area contributed by atoms with Gasteiger partial charge in [0.2, 0.25) is 5.96 Å². The summed E-state index contributed by atoms with van der Waals surface area (Å²) in [5.74, 6) is 0.794. The molecule has 4 nitrogen and oxygen atoms in total. The Labute approximate surface area is 103 Å². The summed E-state index contributed by atoms with van der Waals surface area (Å²) in [5, 5.41) is 8.02. The molecule has 0 spiro atoms. The maximum absolute atomic E-state index is 5.30. The van der Waals surface area contributed by atoms with Crippen LogP contribution in [0.4, 0.5) is 0 Å². The predicted octanol–water partition coefficient (Wildman–Crippen LogP) is 1.88. The molecule has 2 aliphatic rings. The molecule has 2 rings (SSSR count). The van der Waals surface area contributed by atoms with Crippen molar-refractivity contribution in [1.29, 1.82) is 0 Å². The van der Waals surface area contributed by atoms with Gasteiger partial charge in [0.1, 0.15) is 0 Å². The molecule has 0 heterocycles. The van der Waals surface area contributed by atoms with E-state index < -0.39 is 0 Å². The van der Waals surface area contributed by atoms with Crippen molar-refractivity contribution in [2.45, 2.75) is 40.0 Å². The smallest absolute Gasteiger partial charge is 0.211 e. The molecule has 2 saturated carbocycles. The van der Waals surface area contributed by atoms with Crippen molar-refractivity contribution >= 4 is 24.1 Å². The number of nitrogens with zero attached hydrogens (tertiary/aromatic N) is 2. The molecule has 5 heteroatoms. The molecule has 0 saturated heterocycles. The zero-order valence-corrected chi connectivity index (χ0v) is 11.0. The number of hydrogen-bond acceptors (Lipinski definition) is 2. The summed E-state index contributed by atoms with van der Waals surface area (Å²) < 4.78 is 0. The number of rotatable bonds is 1. The molecule has 2 aliphatic carbocycles. The van der Waals surface area contributed by atoms with Crippen molar-refractivity contribution in [3.63, 3.8) is 0 Å². The first-order valence-electron chi connectivity index (χ1n) is 5.54. The van der Waals surface area contributed by atoms with Gasteiger partial charge < -0.3 is 11.5 Å². The monoisotopic (exact) mass is 244 g/mol. The van der Waals surface area contributed by atoms with Gasteiger partial charge in [-0.15, -0.1) is 17.5 Å². The molecule has 2 fully saturated rings. The molecule has 4 N–H and O–H groups in total. The van der Waals surface area contributed by atoms with Gasteiger partial charge >= 0.3 is 0 Å². The zero-order valence-electron chi connectivity index (χ0n) is 10.2. The highest BCUT2D eigenvalue weighted by Gasteiger charge is 2.59. The van der Waals surface area contributed by atoms with E-state index in [4.69, 9.17) is 11.5 Å². The van der Waals surface area contributed by atoms with Crippen LogP contribution in [0.2, 0.25) is 0 Å². The Hall–Kier alpha value is -0.770. The Morgan fingerprint density at radius 2 is 1.94 bits per heavy atom. The van der Waals surface area contributed by atoms with E-state index in [0.717, 1.165) is 12.3 Å². The first-order valence-corrected chi connectivity index (χ1v) is 5.54. The van der Waals surface area contributed by atoms with E-state index in [9.17, 15) is 0 Å².